The number of aromatic nitrogens is 2. The van der Waals surface area contributed by atoms with E-state index in [1.807, 2.05) is 42.5 Å². The number of nitrogens with zero attached hydrogens (tertiary/aromatic N) is 4. The lowest BCUT2D eigenvalue weighted by Gasteiger charge is -2.48. The number of hydrogen-bond donors (Lipinski definition) is 0. The molecule has 2 aliphatic rings. The highest BCUT2D eigenvalue weighted by atomic mass is 16.2. The Balaban J connectivity index is 2.03. The Labute approximate surface area is 163 Å². The van der Waals surface area contributed by atoms with Crippen LogP contribution in [0.3, 0.4) is 0 Å². The summed E-state index contributed by atoms with van der Waals surface area (Å²) in [4.78, 5) is 28.5. The van der Waals surface area contributed by atoms with E-state index in [9.17, 15) is 14.9 Å². The number of Topliss-reactive ketones (excluding diaryl/α,β-unsaturated/α-hetero) is 1. The van der Waals surface area contributed by atoms with E-state index in [2.05, 4.69) is 5.10 Å². The van der Waals surface area contributed by atoms with Crippen molar-refractivity contribution >= 4 is 17.4 Å². The molecule has 0 spiro atoms. The Bertz CT molecular complexity index is 1090. The normalized spacial score (nSPS) is 23.6. The Morgan fingerprint density at radius 3 is 2.50 bits per heavy atom. The molecule has 0 fully saturated rings. The van der Waals surface area contributed by atoms with E-state index in [4.69, 9.17) is 0 Å². The zero-order valence-corrected chi connectivity index (χ0v) is 16.0. The van der Waals surface area contributed by atoms with Crippen LogP contribution < -0.4 is 4.90 Å². The molecule has 1 aromatic carbocycles. The van der Waals surface area contributed by atoms with Crippen molar-refractivity contribution in [3.63, 3.8) is 0 Å². The summed E-state index contributed by atoms with van der Waals surface area (Å²) in [6.07, 6.45) is 6.92. The van der Waals surface area contributed by atoms with Gasteiger partial charge in [0.05, 0.1) is 22.9 Å². The molecule has 0 unspecified atom stereocenters. The number of allylic oxidation sites excluding steroid dienone is 1. The van der Waals surface area contributed by atoms with Gasteiger partial charge in [-0.15, -0.1) is 0 Å². The molecule has 4 rings (SSSR count). The number of aryl methyl sites for hydroxylation is 1. The highest BCUT2D eigenvalue weighted by molar-refractivity contribution is 6.15. The predicted molar refractivity (Wildman–Crippen MR) is 104 cm³/mol. The molecule has 0 bridgehead atoms. The van der Waals surface area contributed by atoms with Crippen LogP contribution in [0.1, 0.15) is 19.4 Å². The minimum atomic E-state index is -1.20. The van der Waals surface area contributed by atoms with Crippen molar-refractivity contribution in [2.75, 3.05) is 11.4 Å². The lowest BCUT2D eigenvalue weighted by molar-refractivity contribution is -0.125. The number of carbonyl (C=O) groups is 2. The van der Waals surface area contributed by atoms with Crippen LogP contribution in [0, 0.1) is 16.7 Å². The topological polar surface area (TPSA) is 79.0 Å². The summed E-state index contributed by atoms with van der Waals surface area (Å²) >= 11 is 0. The molecule has 2 heterocycles. The fraction of sp³-hybridized carbons (Fsp3) is 0.273. The van der Waals surface area contributed by atoms with Crippen molar-refractivity contribution in [3.05, 3.63) is 71.6 Å². The highest BCUT2D eigenvalue weighted by Crippen LogP contribution is 2.52. The van der Waals surface area contributed by atoms with Crippen LogP contribution in [0.2, 0.25) is 0 Å². The van der Waals surface area contributed by atoms with Gasteiger partial charge < -0.3 is 4.90 Å². The van der Waals surface area contributed by atoms with Gasteiger partial charge in [0.1, 0.15) is 11.5 Å². The third-order valence-electron chi connectivity index (χ3n) is 5.68. The third-order valence-corrected chi connectivity index (χ3v) is 5.68. The van der Waals surface area contributed by atoms with Gasteiger partial charge in [-0.1, -0.05) is 36.4 Å². The van der Waals surface area contributed by atoms with Gasteiger partial charge in [-0.25, -0.2) is 0 Å². The smallest absolute Gasteiger partial charge is 0.246 e. The maximum absolute atomic E-state index is 13.9. The molecule has 0 saturated carbocycles. The van der Waals surface area contributed by atoms with Crippen LogP contribution in [0.25, 0.3) is 0 Å². The lowest BCUT2D eigenvalue weighted by atomic mass is 9.56. The lowest BCUT2D eigenvalue weighted by Crippen LogP contribution is -2.56. The number of carbonyl (C=O) groups excluding carboxylic acids is 2. The Kier molecular flexibility index (Phi) is 3.86. The summed E-state index contributed by atoms with van der Waals surface area (Å²) in [6.45, 7) is 3.92. The Hall–Kier alpha value is -3.46. The molecule has 1 aliphatic heterocycles. The van der Waals surface area contributed by atoms with Crippen LogP contribution in [-0.4, -0.2) is 28.0 Å². The van der Waals surface area contributed by atoms with Crippen LogP contribution in [-0.2, 0) is 22.1 Å². The van der Waals surface area contributed by atoms with E-state index >= 15 is 0 Å². The molecule has 140 valence electrons. The van der Waals surface area contributed by atoms with Crippen LogP contribution in [0.4, 0.5) is 5.69 Å². The van der Waals surface area contributed by atoms with E-state index in [0.717, 1.165) is 11.1 Å². The van der Waals surface area contributed by atoms with Gasteiger partial charge in [-0.3, -0.25) is 14.3 Å². The SMILES string of the molecule is Cn1cc(N2CC=C3C(C)(C)C(=O)C(C#N)=C[C@@]3(c3ccccc3)C2=O)cn1. The first-order valence-corrected chi connectivity index (χ1v) is 9.07. The highest BCUT2D eigenvalue weighted by Gasteiger charge is 2.57. The second-order valence-corrected chi connectivity index (χ2v) is 7.70. The molecular formula is C22H20N4O2. The summed E-state index contributed by atoms with van der Waals surface area (Å²) in [7, 11) is 1.79. The van der Waals surface area contributed by atoms with Crippen molar-refractivity contribution in [2.24, 2.45) is 12.5 Å². The zero-order chi connectivity index (χ0) is 20.1. The average molecular weight is 372 g/mol. The molecule has 1 atom stereocenters. The quantitative estimate of drug-likeness (QED) is 0.759. The number of hydrogen-bond acceptors (Lipinski definition) is 4. The minimum Gasteiger partial charge on any atom is -0.304 e. The van der Waals surface area contributed by atoms with Gasteiger partial charge >= 0.3 is 0 Å². The first-order chi connectivity index (χ1) is 13.3. The second-order valence-electron chi connectivity index (χ2n) is 7.70. The standard InChI is InChI=1S/C22H20N4O2/c1-21(2)18-9-10-26(17-13-24-25(3)14-17)20(28)22(18,11-15(12-23)19(21)27)16-7-5-4-6-8-16/h4-9,11,13-14H,10H2,1-3H3/t22-/m0/s1. The number of rotatable bonds is 2. The Morgan fingerprint density at radius 2 is 1.89 bits per heavy atom. The number of benzene rings is 1. The minimum absolute atomic E-state index is 0.0207. The van der Waals surface area contributed by atoms with Crippen molar-refractivity contribution in [1.29, 1.82) is 5.26 Å². The van der Waals surface area contributed by atoms with Gasteiger partial charge in [0.25, 0.3) is 0 Å². The van der Waals surface area contributed by atoms with Gasteiger partial charge in [0, 0.05) is 19.8 Å². The molecule has 6 heteroatoms. The third kappa shape index (κ3) is 2.29. The number of amides is 1. The fourth-order valence-corrected chi connectivity index (χ4v) is 4.30. The van der Waals surface area contributed by atoms with E-state index in [1.165, 1.54) is 0 Å². The van der Waals surface area contributed by atoms with Gasteiger partial charge in [-0.2, -0.15) is 10.4 Å². The average Bonchev–Trinajstić information content (AvgIpc) is 3.12. The van der Waals surface area contributed by atoms with Crippen molar-refractivity contribution in [2.45, 2.75) is 19.3 Å². The summed E-state index contributed by atoms with van der Waals surface area (Å²) in [5.41, 5.74) is 0.0186. The van der Waals surface area contributed by atoms with E-state index in [-0.39, 0.29) is 17.3 Å². The summed E-state index contributed by atoms with van der Waals surface area (Å²) in [5, 5.41) is 13.8. The molecule has 6 nitrogen and oxygen atoms in total. The van der Waals surface area contributed by atoms with Crippen LogP contribution in [0.5, 0.6) is 0 Å². The molecule has 1 aromatic heterocycles. The van der Waals surface area contributed by atoms with Gasteiger partial charge in [0.2, 0.25) is 5.91 Å². The molecule has 1 aliphatic carbocycles. The second kappa shape index (κ2) is 6.03. The van der Waals surface area contributed by atoms with E-state index < -0.39 is 10.8 Å². The summed E-state index contributed by atoms with van der Waals surface area (Å²) in [5.74, 6) is -0.437. The first-order valence-electron chi connectivity index (χ1n) is 9.07. The molecule has 28 heavy (non-hydrogen) atoms. The monoisotopic (exact) mass is 372 g/mol. The van der Waals surface area contributed by atoms with Crippen LogP contribution in [0.15, 0.2) is 66.0 Å². The van der Waals surface area contributed by atoms with Gasteiger partial charge in [-0.05, 0) is 31.1 Å². The molecule has 1 amide bonds. The maximum Gasteiger partial charge on any atom is 0.246 e. The van der Waals surface area contributed by atoms with Crippen LogP contribution >= 0.6 is 0 Å². The number of anilines is 1. The predicted octanol–water partition coefficient (Wildman–Crippen LogP) is 2.69. The van der Waals surface area contributed by atoms with Crippen molar-refractivity contribution < 1.29 is 9.59 Å². The van der Waals surface area contributed by atoms with E-state index in [0.29, 0.717) is 12.2 Å². The number of nitriles is 1. The van der Waals surface area contributed by atoms with Crippen molar-refractivity contribution in [1.82, 2.24) is 9.78 Å². The van der Waals surface area contributed by atoms with Gasteiger partial charge in [0.15, 0.2) is 5.78 Å². The fourth-order valence-electron chi connectivity index (χ4n) is 4.30. The number of ketones is 1. The molecule has 0 N–H and O–H groups in total. The molecular weight excluding hydrogens is 352 g/mol. The summed E-state index contributed by atoms with van der Waals surface area (Å²) < 4.78 is 1.64. The summed E-state index contributed by atoms with van der Waals surface area (Å²) in [6, 6.07) is 11.4. The Morgan fingerprint density at radius 1 is 1.18 bits per heavy atom. The molecule has 0 saturated heterocycles. The maximum atomic E-state index is 13.9. The van der Waals surface area contributed by atoms with E-state index in [1.54, 1.807) is 48.9 Å². The first kappa shape index (κ1) is 17.9. The molecule has 2 aromatic rings. The number of fused-ring (bicyclic) bond motifs is 1. The largest absolute Gasteiger partial charge is 0.304 e. The molecule has 0 radical (unpaired) electrons. The van der Waals surface area contributed by atoms with Crippen molar-refractivity contribution in [3.8, 4) is 6.07 Å². The zero-order valence-electron chi connectivity index (χ0n) is 16.0.